The second kappa shape index (κ2) is 5.89. The summed E-state index contributed by atoms with van der Waals surface area (Å²) in [6, 6.07) is 0.121. The van der Waals surface area contributed by atoms with Crippen molar-refractivity contribution in [3.63, 3.8) is 0 Å². The van der Waals surface area contributed by atoms with Crippen LogP contribution in [0.3, 0.4) is 0 Å². The number of hydroxylamine groups is 1. The lowest BCUT2D eigenvalue weighted by Crippen LogP contribution is -2.38. The number of hydrogen-bond acceptors (Lipinski definition) is 4. The number of terminal acetylenes is 1. The number of rotatable bonds is 3. The molecular weight excluding hydrogens is 220 g/mol. The van der Waals surface area contributed by atoms with Crippen LogP contribution in [0, 0.1) is 12.3 Å². The molecule has 1 fully saturated rings. The first-order valence-corrected chi connectivity index (χ1v) is 5.71. The van der Waals surface area contributed by atoms with Gasteiger partial charge >= 0.3 is 6.09 Å². The Morgan fingerprint density at radius 2 is 2.29 bits per heavy atom. The third-order valence-corrected chi connectivity index (χ3v) is 2.25. The molecule has 0 bridgehead atoms. The van der Waals surface area contributed by atoms with E-state index >= 15 is 0 Å². The minimum atomic E-state index is -0.456. The maximum absolute atomic E-state index is 11.7. The van der Waals surface area contributed by atoms with Gasteiger partial charge in [0.05, 0.1) is 6.04 Å². The molecule has 17 heavy (non-hydrogen) atoms. The third-order valence-electron chi connectivity index (χ3n) is 2.25. The van der Waals surface area contributed by atoms with Crippen LogP contribution in [-0.4, -0.2) is 42.3 Å². The lowest BCUT2D eigenvalue weighted by molar-refractivity contribution is 0.0225. The number of carbonyl (C=O) groups excluding carboxylic acids is 1. The molecule has 0 spiro atoms. The summed E-state index contributed by atoms with van der Waals surface area (Å²) in [6.07, 6.45) is 5.62. The maximum Gasteiger partial charge on any atom is 0.410 e. The van der Waals surface area contributed by atoms with Crippen molar-refractivity contribution in [3.05, 3.63) is 0 Å². The van der Waals surface area contributed by atoms with Crippen LogP contribution in [0.25, 0.3) is 0 Å². The van der Waals surface area contributed by atoms with Crippen LogP contribution < -0.4 is 5.48 Å². The molecule has 1 amide bonds. The average Bonchev–Trinajstić information content (AvgIpc) is 2.64. The first-order valence-electron chi connectivity index (χ1n) is 5.71. The molecule has 0 aromatic rings. The highest BCUT2D eigenvalue weighted by atomic mass is 16.6. The van der Waals surface area contributed by atoms with Crippen molar-refractivity contribution in [1.29, 1.82) is 0 Å². The Balaban J connectivity index is 2.30. The number of amides is 1. The molecule has 1 rings (SSSR count). The molecular formula is C12H20N2O3. The highest BCUT2D eigenvalue weighted by Crippen LogP contribution is 2.15. The normalized spacial score (nSPS) is 20.1. The molecule has 0 aliphatic carbocycles. The van der Waals surface area contributed by atoms with Crippen molar-refractivity contribution in [1.82, 2.24) is 10.4 Å². The fraction of sp³-hybridized carbons (Fsp3) is 0.750. The quantitative estimate of drug-likeness (QED) is 0.457. The smallest absolute Gasteiger partial charge is 0.410 e. The number of ether oxygens (including phenoxy) is 1. The molecule has 1 N–H and O–H groups in total. The van der Waals surface area contributed by atoms with Gasteiger partial charge in [0.15, 0.2) is 0 Å². The summed E-state index contributed by atoms with van der Waals surface area (Å²) in [5, 5.41) is 0. The van der Waals surface area contributed by atoms with Gasteiger partial charge < -0.3 is 9.64 Å². The zero-order valence-electron chi connectivity index (χ0n) is 10.7. The van der Waals surface area contributed by atoms with Crippen LogP contribution in [0.15, 0.2) is 0 Å². The van der Waals surface area contributed by atoms with E-state index in [1.165, 1.54) is 0 Å². The van der Waals surface area contributed by atoms with Crippen LogP contribution in [0.1, 0.15) is 27.2 Å². The summed E-state index contributed by atoms with van der Waals surface area (Å²) >= 11 is 0. The van der Waals surface area contributed by atoms with E-state index in [1.807, 2.05) is 20.8 Å². The number of nitrogens with zero attached hydrogens (tertiary/aromatic N) is 1. The van der Waals surface area contributed by atoms with Crippen molar-refractivity contribution < 1.29 is 14.4 Å². The largest absolute Gasteiger partial charge is 0.444 e. The highest BCUT2D eigenvalue weighted by molar-refractivity contribution is 5.68. The van der Waals surface area contributed by atoms with E-state index < -0.39 is 5.60 Å². The minimum Gasteiger partial charge on any atom is -0.444 e. The maximum atomic E-state index is 11.7. The lowest BCUT2D eigenvalue weighted by atomic mass is 10.2. The second-order valence-electron chi connectivity index (χ2n) is 5.02. The number of carbonyl (C=O) groups is 1. The predicted molar refractivity (Wildman–Crippen MR) is 64.1 cm³/mol. The summed E-state index contributed by atoms with van der Waals surface area (Å²) in [4.78, 5) is 18.4. The van der Waals surface area contributed by atoms with E-state index in [2.05, 4.69) is 11.4 Å². The molecule has 5 heteroatoms. The fourth-order valence-electron chi connectivity index (χ4n) is 1.55. The zero-order chi connectivity index (χ0) is 12.9. The monoisotopic (exact) mass is 240 g/mol. The first kappa shape index (κ1) is 13.8. The van der Waals surface area contributed by atoms with Gasteiger partial charge in [-0.1, -0.05) is 5.92 Å². The Morgan fingerprint density at radius 1 is 1.59 bits per heavy atom. The Kier molecular flexibility index (Phi) is 4.79. The van der Waals surface area contributed by atoms with Gasteiger partial charge in [0.1, 0.15) is 12.2 Å². The van der Waals surface area contributed by atoms with Crippen LogP contribution in [-0.2, 0) is 9.57 Å². The Morgan fingerprint density at radius 3 is 2.88 bits per heavy atom. The standard InChI is InChI=1S/C12H20N2O3/c1-5-8-16-13-10-6-7-14(9-10)11(15)17-12(2,3)4/h1,10,13H,6-9H2,2-4H3. The third kappa shape index (κ3) is 5.07. The Hall–Kier alpha value is -1.25. The van der Waals surface area contributed by atoms with Crippen LogP contribution in [0.5, 0.6) is 0 Å². The second-order valence-corrected chi connectivity index (χ2v) is 5.02. The summed E-state index contributed by atoms with van der Waals surface area (Å²) in [6.45, 7) is 7.04. The van der Waals surface area contributed by atoms with Gasteiger partial charge in [0, 0.05) is 13.1 Å². The zero-order valence-corrected chi connectivity index (χ0v) is 10.7. The van der Waals surface area contributed by atoms with Crippen molar-refractivity contribution in [2.24, 2.45) is 0 Å². The van der Waals surface area contributed by atoms with Gasteiger partial charge in [0.25, 0.3) is 0 Å². The van der Waals surface area contributed by atoms with E-state index in [-0.39, 0.29) is 18.7 Å². The fourth-order valence-corrected chi connectivity index (χ4v) is 1.55. The van der Waals surface area contributed by atoms with E-state index in [9.17, 15) is 4.79 Å². The number of likely N-dealkylation sites (tertiary alicyclic amines) is 1. The predicted octanol–water partition coefficient (Wildman–Crippen LogP) is 1.15. The van der Waals surface area contributed by atoms with Gasteiger partial charge in [0.2, 0.25) is 0 Å². The first-order chi connectivity index (χ1) is 7.92. The Bertz CT molecular complexity index is 304. The van der Waals surface area contributed by atoms with Crippen molar-refractivity contribution in [3.8, 4) is 12.3 Å². The number of nitrogens with one attached hydrogen (secondary N) is 1. The molecule has 1 atom stereocenters. The molecule has 1 aliphatic heterocycles. The molecule has 1 unspecified atom stereocenters. The minimum absolute atomic E-state index is 0.121. The molecule has 0 aromatic heterocycles. The lowest BCUT2D eigenvalue weighted by Gasteiger charge is -2.24. The summed E-state index contributed by atoms with van der Waals surface area (Å²) in [7, 11) is 0. The average molecular weight is 240 g/mol. The molecule has 5 nitrogen and oxygen atoms in total. The van der Waals surface area contributed by atoms with Crippen molar-refractivity contribution in [2.75, 3.05) is 19.7 Å². The number of hydrogen-bond donors (Lipinski definition) is 1. The van der Waals surface area contributed by atoms with Crippen LogP contribution in [0.2, 0.25) is 0 Å². The van der Waals surface area contributed by atoms with E-state index in [0.29, 0.717) is 13.1 Å². The van der Waals surface area contributed by atoms with E-state index in [4.69, 9.17) is 16.0 Å². The molecule has 0 aromatic carbocycles. The summed E-state index contributed by atoms with van der Waals surface area (Å²) < 4.78 is 5.28. The van der Waals surface area contributed by atoms with Crippen molar-refractivity contribution >= 4 is 6.09 Å². The topological polar surface area (TPSA) is 50.8 Å². The molecule has 1 saturated heterocycles. The molecule has 0 radical (unpaired) electrons. The Labute approximate surface area is 102 Å². The summed E-state index contributed by atoms with van der Waals surface area (Å²) in [5.74, 6) is 2.37. The molecule has 1 aliphatic rings. The van der Waals surface area contributed by atoms with Crippen LogP contribution >= 0.6 is 0 Å². The van der Waals surface area contributed by atoms with E-state index in [0.717, 1.165) is 6.42 Å². The molecule has 0 saturated carbocycles. The van der Waals surface area contributed by atoms with Gasteiger partial charge in [-0.25, -0.2) is 4.79 Å². The van der Waals surface area contributed by atoms with Gasteiger partial charge in [-0.3, -0.25) is 4.84 Å². The highest BCUT2D eigenvalue weighted by Gasteiger charge is 2.29. The van der Waals surface area contributed by atoms with Gasteiger partial charge in [-0.2, -0.15) is 5.48 Å². The summed E-state index contributed by atoms with van der Waals surface area (Å²) in [5.41, 5.74) is 2.38. The van der Waals surface area contributed by atoms with Crippen LogP contribution in [0.4, 0.5) is 4.79 Å². The van der Waals surface area contributed by atoms with Gasteiger partial charge in [-0.05, 0) is 27.2 Å². The van der Waals surface area contributed by atoms with Gasteiger partial charge in [-0.15, -0.1) is 6.42 Å². The van der Waals surface area contributed by atoms with E-state index in [1.54, 1.807) is 4.90 Å². The van der Waals surface area contributed by atoms with Crippen molar-refractivity contribution in [2.45, 2.75) is 38.8 Å². The SMILES string of the molecule is C#CCONC1CCN(C(=O)OC(C)(C)C)C1. The molecule has 96 valence electrons. The molecule has 1 heterocycles.